The van der Waals surface area contributed by atoms with Crippen LogP contribution in [-0.2, 0) is 4.79 Å². The summed E-state index contributed by atoms with van der Waals surface area (Å²) in [5.74, 6) is -0.172. The van der Waals surface area contributed by atoms with Gasteiger partial charge in [-0.25, -0.2) is 10.1 Å². The highest BCUT2D eigenvalue weighted by Crippen LogP contribution is 2.18. The molecular formula is C18H25N5O2. The Labute approximate surface area is 148 Å². The number of amides is 1. The number of carbonyl (C=O) groups is 1. The molecule has 0 fully saturated rings. The number of hydrogen-bond donors (Lipinski definition) is 2. The highest BCUT2D eigenvalue weighted by Gasteiger charge is 2.17. The number of rotatable bonds is 7. The average molecular weight is 343 g/mol. The van der Waals surface area contributed by atoms with Crippen molar-refractivity contribution in [2.75, 3.05) is 26.2 Å². The molecule has 134 valence electrons. The van der Waals surface area contributed by atoms with Crippen molar-refractivity contribution in [3.05, 3.63) is 47.3 Å². The quantitative estimate of drug-likeness (QED) is 0.687. The summed E-state index contributed by atoms with van der Waals surface area (Å²) in [6, 6.07) is 0. The highest BCUT2D eigenvalue weighted by atomic mass is 16.5. The zero-order valence-electron chi connectivity index (χ0n) is 14.7. The zero-order valence-corrected chi connectivity index (χ0v) is 14.7. The third kappa shape index (κ3) is 5.23. The smallest absolute Gasteiger partial charge is 0.252 e. The molecule has 2 aliphatic rings. The van der Waals surface area contributed by atoms with Crippen molar-refractivity contribution in [2.45, 2.75) is 20.3 Å². The first-order chi connectivity index (χ1) is 12.0. The molecule has 0 saturated heterocycles. The molecule has 3 N–H and O–H groups in total. The van der Waals surface area contributed by atoms with E-state index in [-0.39, 0.29) is 0 Å². The molecule has 0 radical (unpaired) electrons. The van der Waals surface area contributed by atoms with Crippen molar-refractivity contribution in [3.8, 4) is 0 Å². The van der Waals surface area contributed by atoms with Gasteiger partial charge in [-0.15, -0.1) is 0 Å². The SMILES string of the molecule is CCN(CC)CCCN=C1N=CC(=C2C=CN(O)C=C2)C=C1C(N)=O. The van der Waals surface area contributed by atoms with Gasteiger partial charge in [0.15, 0.2) is 5.84 Å². The van der Waals surface area contributed by atoms with Crippen molar-refractivity contribution < 1.29 is 10.0 Å². The van der Waals surface area contributed by atoms with Crippen molar-refractivity contribution in [3.63, 3.8) is 0 Å². The van der Waals surface area contributed by atoms with E-state index in [0.717, 1.165) is 42.3 Å². The van der Waals surface area contributed by atoms with Gasteiger partial charge in [0.25, 0.3) is 5.91 Å². The van der Waals surface area contributed by atoms with Crippen molar-refractivity contribution in [1.82, 2.24) is 9.96 Å². The molecule has 0 aromatic rings. The van der Waals surface area contributed by atoms with Crippen LogP contribution >= 0.6 is 0 Å². The molecule has 0 unspecified atom stereocenters. The summed E-state index contributed by atoms with van der Waals surface area (Å²) < 4.78 is 0. The summed E-state index contributed by atoms with van der Waals surface area (Å²) >= 11 is 0. The van der Waals surface area contributed by atoms with E-state index in [1.807, 2.05) is 0 Å². The lowest BCUT2D eigenvalue weighted by atomic mass is 10.0. The van der Waals surface area contributed by atoms with Gasteiger partial charge < -0.3 is 10.6 Å². The highest BCUT2D eigenvalue weighted by molar-refractivity contribution is 6.25. The predicted molar refractivity (Wildman–Crippen MR) is 99.4 cm³/mol. The fourth-order valence-corrected chi connectivity index (χ4v) is 2.55. The summed E-state index contributed by atoms with van der Waals surface area (Å²) in [6.07, 6.45) is 10.7. The molecule has 25 heavy (non-hydrogen) atoms. The van der Waals surface area contributed by atoms with E-state index >= 15 is 0 Å². The largest absolute Gasteiger partial charge is 0.365 e. The normalized spacial score (nSPS) is 18.5. The van der Waals surface area contributed by atoms with Gasteiger partial charge in [0.2, 0.25) is 0 Å². The summed E-state index contributed by atoms with van der Waals surface area (Å²) in [4.78, 5) is 22.8. The van der Waals surface area contributed by atoms with Crippen LogP contribution in [0, 0.1) is 0 Å². The number of dihydropyridines is 1. The van der Waals surface area contributed by atoms with Crippen LogP contribution in [0.4, 0.5) is 0 Å². The fraction of sp³-hybridized carbons (Fsp3) is 0.389. The number of hydrogen-bond acceptors (Lipinski definition) is 5. The van der Waals surface area contributed by atoms with Gasteiger partial charge in [0.1, 0.15) is 0 Å². The number of nitrogens with two attached hydrogens (primary N) is 1. The zero-order chi connectivity index (χ0) is 18.2. The molecule has 0 spiro atoms. The van der Waals surface area contributed by atoms with Crippen LogP contribution in [0.2, 0.25) is 0 Å². The van der Waals surface area contributed by atoms with Crippen LogP contribution in [0.1, 0.15) is 20.3 Å². The number of amidine groups is 1. The topological polar surface area (TPSA) is 94.5 Å². The minimum atomic E-state index is -0.551. The Morgan fingerprint density at radius 2 is 1.96 bits per heavy atom. The van der Waals surface area contributed by atoms with Gasteiger partial charge >= 0.3 is 0 Å². The summed E-state index contributed by atoms with van der Waals surface area (Å²) in [6.45, 7) is 7.86. The minimum Gasteiger partial charge on any atom is -0.365 e. The first kappa shape index (κ1) is 18.8. The van der Waals surface area contributed by atoms with Crippen LogP contribution in [-0.4, -0.2) is 59.3 Å². The molecule has 0 aromatic carbocycles. The van der Waals surface area contributed by atoms with Gasteiger partial charge in [-0.05, 0) is 49.9 Å². The van der Waals surface area contributed by atoms with E-state index in [9.17, 15) is 10.0 Å². The standard InChI is InChI=1S/C18H25N5O2/c1-3-22(4-2)9-5-8-20-18-16(17(19)24)12-15(13-21-18)14-6-10-23(25)11-7-14/h6-7,10-13,25H,3-5,8-9H2,1-2H3,(H2,19,24). The Morgan fingerprint density at radius 3 is 2.56 bits per heavy atom. The number of primary amides is 1. The lowest BCUT2D eigenvalue weighted by Gasteiger charge is -2.17. The summed E-state index contributed by atoms with van der Waals surface area (Å²) in [5.41, 5.74) is 7.37. The molecule has 7 heteroatoms. The Bertz CT molecular complexity index is 666. The predicted octanol–water partition coefficient (Wildman–Crippen LogP) is 1.64. The van der Waals surface area contributed by atoms with E-state index in [0.29, 0.717) is 18.0 Å². The molecule has 2 heterocycles. The molecule has 0 bridgehead atoms. The van der Waals surface area contributed by atoms with E-state index in [4.69, 9.17) is 5.73 Å². The molecule has 0 aromatic heterocycles. The number of aliphatic imine (C=N–C) groups is 2. The number of carbonyl (C=O) groups excluding carboxylic acids is 1. The molecule has 0 aliphatic carbocycles. The summed E-state index contributed by atoms with van der Waals surface area (Å²) in [7, 11) is 0. The minimum absolute atomic E-state index is 0.307. The van der Waals surface area contributed by atoms with Gasteiger partial charge in [0, 0.05) is 30.7 Å². The fourth-order valence-electron chi connectivity index (χ4n) is 2.55. The van der Waals surface area contributed by atoms with E-state index in [2.05, 4.69) is 28.7 Å². The van der Waals surface area contributed by atoms with Crippen LogP contribution in [0.25, 0.3) is 0 Å². The Balaban J connectivity index is 2.10. The summed E-state index contributed by atoms with van der Waals surface area (Å²) in [5, 5.41) is 10.2. The van der Waals surface area contributed by atoms with Crippen LogP contribution in [0.5, 0.6) is 0 Å². The second-order valence-corrected chi connectivity index (χ2v) is 5.69. The maximum Gasteiger partial charge on any atom is 0.252 e. The Kier molecular flexibility index (Phi) is 6.85. The van der Waals surface area contributed by atoms with E-state index < -0.39 is 5.91 Å². The number of nitrogens with zero attached hydrogens (tertiary/aromatic N) is 4. The molecule has 2 aliphatic heterocycles. The van der Waals surface area contributed by atoms with Crippen LogP contribution in [0.3, 0.4) is 0 Å². The Morgan fingerprint density at radius 1 is 1.28 bits per heavy atom. The molecule has 0 atom stereocenters. The second-order valence-electron chi connectivity index (χ2n) is 5.69. The third-order valence-electron chi connectivity index (χ3n) is 4.07. The van der Waals surface area contributed by atoms with Gasteiger partial charge in [0.05, 0.1) is 5.57 Å². The maximum absolute atomic E-state index is 11.8. The number of hydroxylamine groups is 2. The Hall–Kier alpha value is -2.51. The van der Waals surface area contributed by atoms with Gasteiger partial charge in [-0.1, -0.05) is 13.8 Å². The third-order valence-corrected chi connectivity index (χ3v) is 4.07. The molecule has 2 rings (SSSR count). The lowest BCUT2D eigenvalue weighted by molar-refractivity contribution is -0.114. The molecular weight excluding hydrogens is 318 g/mol. The lowest BCUT2D eigenvalue weighted by Crippen LogP contribution is -2.25. The number of allylic oxidation sites excluding steroid dienone is 5. The van der Waals surface area contributed by atoms with E-state index in [1.165, 1.54) is 12.4 Å². The van der Waals surface area contributed by atoms with Crippen LogP contribution < -0.4 is 5.73 Å². The average Bonchev–Trinajstić information content (AvgIpc) is 2.62. The molecule has 1 amide bonds. The maximum atomic E-state index is 11.8. The van der Waals surface area contributed by atoms with Crippen molar-refractivity contribution in [2.24, 2.45) is 15.7 Å². The monoisotopic (exact) mass is 343 g/mol. The first-order valence-electron chi connectivity index (χ1n) is 8.45. The van der Waals surface area contributed by atoms with Crippen LogP contribution in [0.15, 0.2) is 57.3 Å². The molecule has 0 saturated carbocycles. The first-order valence-corrected chi connectivity index (χ1v) is 8.45. The second kappa shape index (κ2) is 9.10. The van der Waals surface area contributed by atoms with Crippen molar-refractivity contribution in [1.29, 1.82) is 0 Å². The van der Waals surface area contributed by atoms with Gasteiger partial charge in [-0.2, -0.15) is 0 Å². The van der Waals surface area contributed by atoms with Crippen molar-refractivity contribution >= 4 is 18.0 Å². The van der Waals surface area contributed by atoms with Gasteiger partial charge in [-0.3, -0.25) is 15.0 Å². The molecule has 7 nitrogen and oxygen atoms in total. The van der Waals surface area contributed by atoms with E-state index in [1.54, 1.807) is 24.4 Å².